The Hall–Kier alpha value is -2.44. The van der Waals surface area contributed by atoms with Crippen molar-refractivity contribution in [2.24, 2.45) is 5.92 Å². The van der Waals surface area contributed by atoms with Crippen LogP contribution in [0.2, 0.25) is 0 Å². The summed E-state index contributed by atoms with van der Waals surface area (Å²) < 4.78 is 18.7. The second-order valence-electron chi connectivity index (χ2n) is 7.26. The normalized spacial score (nSPS) is 17.0. The Kier molecular flexibility index (Phi) is 7.01. The molecule has 28 heavy (non-hydrogen) atoms. The van der Waals surface area contributed by atoms with E-state index < -0.39 is 5.82 Å². The van der Waals surface area contributed by atoms with Crippen LogP contribution in [-0.2, 0) is 4.74 Å². The topological polar surface area (TPSA) is 61.8 Å². The Labute approximate surface area is 165 Å². The standard InChI is InChI=1S/C22H27FN2O3/c1-28-11-3-9-25-10-8-16(15-25)14-24-22(27)19-5-2-4-17(12-19)18-6-7-21(26)20(23)13-18/h2,4-7,12-13,16,26H,3,8-11,14-15H2,1H3,(H,24,27). The summed E-state index contributed by atoms with van der Waals surface area (Å²) in [7, 11) is 1.72. The highest BCUT2D eigenvalue weighted by Crippen LogP contribution is 2.25. The number of carbonyl (C=O) groups is 1. The third kappa shape index (κ3) is 5.30. The smallest absolute Gasteiger partial charge is 0.251 e. The number of methoxy groups -OCH3 is 1. The molecule has 5 nitrogen and oxygen atoms in total. The van der Waals surface area contributed by atoms with Crippen LogP contribution in [0.3, 0.4) is 0 Å². The van der Waals surface area contributed by atoms with Crippen LogP contribution < -0.4 is 5.32 Å². The SMILES string of the molecule is COCCCN1CCC(CNC(=O)c2cccc(-c3ccc(O)c(F)c3)c2)C1. The summed E-state index contributed by atoms with van der Waals surface area (Å²) in [6.45, 7) is 4.52. The predicted molar refractivity (Wildman–Crippen MR) is 107 cm³/mol. The Morgan fingerprint density at radius 3 is 2.89 bits per heavy atom. The number of phenols is 1. The Morgan fingerprint density at radius 1 is 1.29 bits per heavy atom. The fourth-order valence-corrected chi connectivity index (χ4v) is 3.58. The van der Waals surface area contributed by atoms with Gasteiger partial charge in [-0.15, -0.1) is 0 Å². The molecule has 0 aromatic heterocycles. The Morgan fingerprint density at radius 2 is 2.11 bits per heavy atom. The third-order valence-corrected chi connectivity index (χ3v) is 5.15. The average molecular weight is 386 g/mol. The molecule has 2 N–H and O–H groups in total. The van der Waals surface area contributed by atoms with Gasteiger partial charge in [0.25, 0.3) is 5.91 Å². The van der Waals surface area contributed by atoms with Crippen molar-refractivity contribution >= 4 is 5.91 Å². The summed E-state index contributed by atoms with van der Waals surface area (Å²) in [5.74, 6) is -0.728. The number of amides is 1. The number of rotatable bonds is 8. The fourth-order valence-electron chi connectivity index (χ4n) is 3.58. The van der Waals surface area contributed by atoms with Gasteiger partial charge in [0.15, 0.2) is 11.6 Å². The van der Waals surface area contributed by atoms with Crippen LogP contribution in [0.25, 0.3) is 11.1 Å². The van der Waals surface area contributed by atoms with Gasteiger partial charge in [-0.2, -0.15) is 0 Å². The number of benzene rings is 2. The zero-order valence-corrected chi connectivity index (χ0v) is 16.2. The highest BCUT2D eigenvalue weighted by Gasteiger charge is 2.22. The van der Waals surface area contributed by atoms with Crippen molar-refractivity contribution in [2.75, 3.05) is 39.9 Å². The monoisotopic (exact) mass is 386 g/mol. The fraction of sp³-hybridized carbons (Fsp3) is 0.409. The molecule has 3 rings (SSSR count). The van der Waals surface area contributed by atoms with Crippen molar-refractivity contribution < 1.29 is 19.0 Å². The Balaban J connectivity index is 1.54. The van der Waals surface area contributed by atoms with Gasteiger partial charge in [0.1, 0.15) is 0 Å². The summed E-state index contributed by atoms with van der Waals surface area (Å²) >= 11 is 0. The first kappa shape index (κ1) is 20.3. The molecule has 0 spiro atoms. The number of phenolic OH excluding ortho intramolecular Hbond substituents is 1. The molecule has 0 radical (unpaired) electrons. The van der Waals surface area contributed by atoms with Gasteiger partial charge < -0.3 is 20.1 Å². The maximum Gasteiger partial charge on any atom is 0.251 e. The van der Waals surface area contributed by atoms with Crippen LogP contribution in [0.1, 0.15) is 23.2 Å². The number of carbonyl (C=O) groups excluding carboxylic acids is 1. The molecule has 2 aromatic rings. The molecule has 1 aliphatic rings. The van der Waals surface area contributed by atoms with Crippen molar-refractivity contribution in [1.82, 2.24) is 10.2 Å². The van der Waals surface area contributed by atoms with E-state index in [0.29, 0.717) is 23.6 Å². The number of aromatic hydroxyl groups is 1. The summed E-state index contributed by atoms with van der Waals surface area (Å²) in [6, 6.07) is 11.3. The summed E-state index contributed by atoms with van der Waals surface area (Å²) in [6.07, 6.45) is 2.11. The lowest BCUT2D eigenvalue weighted by Crippen LogP contribution is -2.31. The van der Waals surface area contributed by atoms with E-state index in [-0.39, 0.29) is 11.7 Å². The van der Waals surface area contributed by atoms with E-state index in [1.165, 1.54) is 12.1 Å². The highest BCUT2D eigenvalue weighted by atomic mass is 19.1. The molecule has 1 heterocycles. The van der Waals surface area contributed by atoms with Crippen molar-refractivity contribution in [3.8, 4) is 16.9 Å². The maximum atomic E-state index is 13.6. The maximum absolute atomic E-state index is 13.6. The number of ether oxygens (including phenoxy) is 1. The lowest BCUT2D eigenvalue weighted by molar-refractivity contribution is 0.0947. The molecule has 1 atom stereocenters. The molecule has 6 heteroatoms. The first-order valence-electron chi connectivity index (χ1n) is 9.65. The molecule has 1 aliphatic heterocycles. The molecule has 0 aliphatic carbocycles. The summed E-state index contributed by atoms with van der Waals surface area (Å²) in [4.78, 5) is 15.0. The van der Waals surface area contributed by atoms with E-state index in [2.05, 4.69) is 10.2 Å². The minimum atomic E-state index is -0.677. The number of hydrogen-bond acceptors (Lipinski definition) is 4. The molecule has 2 aromatic carbocycles. The van der Waals surface area contributed by atoms with Gasteiger partial charge in [-0.05, 0) is 60.7 Å². The lowest BCUT2D eigenvalue weighted by Gasteiger charge is -2.16. The van der Waals surface area contributed by atoms with Crippen molar-refractivity contribution in [3.05, 3.63) is 53.8 Å². The van der Waals surface area contributed by atoms with Crippen molar-refractivity contribution in [3.63, 3.8) is 0 Å². The number of nitrogens with one attached hydrogen (secondary N) is 1. The van der Waals surface area contributed by atoms with Crippen LogP contribution in [0.15, 0.2) is 42.5 Å². The van der Waals surface area contributed by atoms with Gasteiger partial charge in [0.2, 0.25) is 0 Å². The lowest BCUT2D eigenvalue weighted by atomic mass is 10.0. The van der Waals surface area contributed by atoms with E-state index in [1.807, 2.05) is 6.07 Å². The first-order valence-corrected chi connectivity index (χ1v) is 9.65. The predicted octanol–water partition coefficient (Wildman–Crippen LogP) is 3.29. The molecule has 1 unspecified atom stereocenters. The third-order valence-electron chi connectivity index (χ3n) is 5.15. The first-order chi connectivity index (χ1) is 13.6. The van der Waals surface area contributed by atoms with Gasteiger partial charge >= 0.3 is 0 Å². The zero-order chi connectivity index (χ0) is 19.9. The van der Waals surface area contributed by atoms with Crippen LogP contribution >= 0.6 is 0 Å². The molecular formula is C22H27FN2O3. The number of likely N-dealkylation sites (tertiary alicyclic amines) is 1. The van der Waals surface area contributed by atoms with E-state index in [9.17, 15) is 14.3 Å². The molecular weight excluding hydrogens is 359 g/mol. The minimum Gasteiger partial charge on any atom is -0.505 e. The zero-order valence-electron chi connectivity index (χ0n) is 16.2. The summed E-state index contributed by atoms with van der Waals surface area (Å²) in [5, 5.41) is 12.4. The number of hydrogen-bond donors (Lipinski definition) is 2. The van der Waals surface area contributed by atoms with Gasteiger partial charge in [-0.1, -0.05) is 18.2 Å². The van der Waals surface area contributed by atoms with Gasteiger partial charge in [-0.3, -0.25) is 4.79 Å². The van der Waals surface area contributed by atoms with Crippen molar-refractivity contribution in [2.45, 2.75) is 12.8 Å². The molecule has 0 saturated carbocycles. The molecule has 1 saturated heterocycles. The molecule has 1 amide bonds. The van der Waals surface area contributed by atoms with E-state index >= 15 is 0 Å². The van der Waals surface area contributed by atoms with Gasteiger partial charge in [0, 0.05) is 38.9 Å². The van der Waals surface area contributed by atoms with E-state index in [1.54, 1.807) is 31.4 Å². The number of halogens is 1. The molecule has 0 bridgehead atoms. The largest absolute Gasteiger partial charge is 0.505 e. The van der Waals surface area contributed by atoms with Crippen LogP contribution in [0, 0.1) is 11.7 Å². The number of nitrogens with zero attached hydrogens (tertiary/aromatic N) is 1. The van der Waals surface area contributed by atoms with Crippen molar-refractivity contribution in [1.29, 1.82) is 0 Å². The molecule has 150 valence electrons. The quantitative estimate of drug-likeness (QED) is 0.684. The van der Waals surface area contributed by atoms with Crippen LogP contribution in [-0.4, -0.2) is 55.8 Å². The highest BCUT2D eigenvalue weighted by molar-refractivity contribution is 5.95. The van der Waals surface area contributed by atoms with E-state index in [4.69, 9.17) is 4.74 Å². The average Bonchev–Trinajstić information content (AvgIpc) is 3.16. The second-order valence-corrected chi connectivity index (χ2v) is 7.26. The minimum absolute atomic E-state index is 0.126. The molecule has 1 fully saturated rings. The van der Waals surface area contributed by atoms with Crippen LogP contribution in [0.4, 0.5) is 4.39 Å². The van der Waals surface area contributed by atoms with Gasteiger partial charge in [-0.25, -0.2) is 4.39 Å². The van der Waals surface area contributed by atoms with Gasteiger partial charge in [0.05, 0.1) is 0 Å². The Bertz CT molecular complexity index is 812. The second kappa shape index (κ2) is 9.66. The van der Waals surface area contributed by atoms with Crippen LogP contribution in [0.5, 0.6) is 5.75 Å². The van der Waals surface area contributed by atoms with E-state index in [0.717, 1.165) is 44.6 Å². The summed E-state index contributed by atoms with van der Waals surface area (Å²) in [5.41, 5.74) is 1.89.